The molecule has 176 valence electrons. The Morgan fingerprint density at radius 3 is 2.70 bits per heavy atom. The van der Waals surface area contributed by atoms with Crippen LogP contribution in [-0.4, -0.2) is 76.9 Å². The van der Waals surface area contributed by atoms with E-state index in [9.17, 15) is 13.8 Å². The zero-order chi connectivity index (χ0) is 24.1. The van der Waals surface area contributed by atoms with Crippen LogP contribution in [0.25, 0.3) is 0 Å². The van der Waals surface area contributed by atoms with Crippen molar-refractivity contribution in [3.8, 4) is 5.88 Å². The summed E-state index contributed by atoms with van der Waals surface area (Å²) in [6.45, 7) is 1.43. The van der Waals surface area contributed by atoms with Gasteiger partial charge in [-0.1, -0.05) is 5.16 Å². The molecule has 17 heteroatoms. The number of hydrogen-bond donors (Lipinski definition) is 5. The molecular formula is C16H19N9O6S2. The fourth-order valence-electron chi connectivity index (χ4n) is 2.64. The van der Waals surface area contributed by atoms with Gasteiger partial charge < -0.3 is 26.4 Å². The first-order valence-corrected chi connectivity index (χ1v) is 11.1. The number of amides is 2. The Kier molecular flexibility index (Phi) is 7.46. The highest BCUT2D eigenvalue weighted by Gasteiger charge is 2.49. The fraction of sp³-hybridized carbons (Fsp3) is 0.312. The SMILES string of the molecule is C[C@H]1[C@H](NC(=O)/C(=N\OCCOc2ccc(C(=N)N)nn2)c2csc(N)n2)C(=O)N1S(=O)O. The Morgan fingerprint density at radius 1 is 1.39 bits per heavy atom. The van der Waals surface area contributed by atoms with Crippen molar-refractivity contribution in [2.75, 3.05) is 18.9 Å². The molecule has 1 aliphatic heterocycles. The predicted octanol–water partition coefficient (Wildman–Crippen LogP) is -1.55. The molecule has 2 amide bonds. The molecule has 15 nitrogen and oxygen atoms in total. The van der Waals surface area contributed by atoms with Crippen molar-refractivity contribution in [2.45, 2.75) is 19.0 Å². The second-order valence-electron chi connectivity index (χ2n) is 6.45. The highest BCUT2D eigenvalue weighted by atomic mass is 32.2. The van der Waals surface area contributed by atoms with Crippen molar-refractivity contribution in [3.63, 3.8) is 0 Å². The molecule has 0 spiro atoms. The van der Waals surface area contributed by atoms with Gasteiger partial charge in [0.1, 0.15) is 29.9 Å². The maximum atomic E-state index is 12.7. The van der Waals surface area contributed by atoms with E-state index in [4.69, 9.17) is 31.0 Å². The number of nitrogen functional groups attached to an aromatic ring is 2. The van der Waals surface area contributed by atoms with Gasteiger partial charge in [0.25, 0.3) is 23.1 Å². The molecule has 0 aromatic carbocycles. The van der Waals surface area contributed by atoms with Crippen molar-refractivity contribution in [1.82, 2.24) is 24.8 Å². The summed E-state index contributed by atoms with van der Waals surface area (Å²) >= 11 is -1.40. The zero-order valence-electron chi connectivity index (χ0n) is 17.0. The Hall–Kier alpha value is -3.70. The molecule has 7 N–H and O–H groups in total. The first-order chi connectivity index (χ1) is 15.7. The first kappa shape index (κ1) is 24.0. The summed E-state index contributed by atoms with van der Waals surface area (Å²) < 4.78 is 26.3. The van der Waals surface area contributed by atoms with Gasteiger partial charge in [0.05, 0.1) is 6.04 Å². The highest BCUT2D eigenvalue weighted by molar-refractivity contribution is 7.77. The Morgan fingerprint density at radius 2 is 2.15 bits per heavy atom. The van der Waals surface area contributed by atoms with Gasteiger partial charge in [0, 0.05) is 11.4 Å². The molecule has 33 heavy (non-hydrogen) atoms. The molecule has 0 saturated carbocycles. The molecule has 3 heterocycles. The third-order valence-electron chi connectivity index (χ3n) is 4.27. The molecule has 1 saturated heterocycles. The molecule has 3 rings (SSSR count). The van der Waals surface area contributed by atoms with Crippen LogP contribution in [0.5, 0.6) is 5.88 Å². The number of nitrogens with one attached hydrogen (secondary N) is 2. The molecule has 2 aromatic heterocycles. The number of aromatic nitrogens is 3. The van der Waals surface area contributed by atoms with Gasteiger partial charge in [-0.15, -0.1) is 21.5 Å². The van der Waals surface area contributed by atoms with E-state index >= 15 is 0 Å². The summed E-state index contributed by atoms with van der Waals surface area (Å²) in [7, 11) is 0. The predicted molar refractivity (Wildman–Crippen MR) is 117 cm³/mol. The molecule has 1 unspecified atom stereocenters. The Labute approximate surface area is 193 Å². The minimum Gasteiger partial charge on any atom is -0.473 e. The topological polar surface area (TPSA) is 232 Å². The van der Waals surface area contributed by atoms with Crippen LogP contribution in [0, 0.1) is 5.41 Å². The van der Waals surface area contributed by atoms with Crippen molar-refractivity contribution in [1.29, 1.82) is 5.41 Å². The average molecular weight is 498 g/mol. The van der Waals surface area contributed by atoms with Crippen LogP contribution < -0.4 is 21.5 Å². The van der Waals surface area contributed by atoms with E-state index in [2.05, 4.69) is 25.7 Å². The van der Waals surface area contributed by atoms with Gasteiger partial charge in [0.2, 0.25) is 5.88 Å². The number of carbonyl (C=O) groups is 2. The third kappa shape index (κ3) is 5.57. The second kappa shape index (κ2) is 10.3. The lowest BCUT2D eigenvalue weighted by Gasteiger charge is -2.41. The van der Waals surface area contributed by atoms with Crippen LogP contribution in [0.1, 0.15) is 18.3 Å². The number of hydrogen-bond acceptors (Lipinski definition) is 12. The lowest BCUT2D eigenvalue weighted by Crippen LogP contribution is -2.70. The van der Waals surface area contributed by atoms with Crippen LogP contribution in [0.15, 0.2) is 22.7 Å². The number of β-lactam (4-membered cyclic amide) rings is 1. The van der Waals surface area contributed by atoms with E-state index in [-0.39, 0.29) is 47.2 Å². The maximum Gasteiger partial charge on any atom is 0.276 e. The van der Waals surface area contributed by atoms with E-state index in [1.54, 1.807) is 0 Å². The number of nitrogens with two attached hydrogens (primary N) is 2. The number of ether oxygens (including phenoxy) is 1. The van der Waals surface area contributed by atoms with Crippen LogP contribution in [-0.2, 0) is 25.7 Å². The lowest BCUT2D eigenvalue weighted by molar-refractivity contribution is -0.143. The van der Waals surface area contributed by atoms with Gasteiger partial charge in [-0.25, -0.2) is 13.5 Å². The number of nitrogens with zero attached hydrogens (tertiary/aromatic N) is 5. The largest absolute Gasteiger partial charge is 0.473 e. The number of thiazole rings is 1. The summed E-state index contributed by atoms with van der Waals surface area (Å²) in [5.74, 6) is -1.54. The molecule has 0 bridgehead atoms. The Balaban J connectivity index is 1.60. The molecular weight excluding hydrogens is 478 g/mol. The average Bonchev–Trinajstić information content (AvgIpc) is 3.20. The maximum absolute atomic E-state index is 12.7. The number of anilines is 1. The summed E-state index contributed by atoms with van der Waals surface area (Å²) in [5.41, 5.74) is 11.0. The van der Waals surface area contributed by atoms with E-state index < -0.39 is 35.2 Å². The number of amidine groups is 1. The van der Waals surface area contributed by atoms with Gasteiger partial charge in [0.15, 0.2) is 17.5 Å². The van der Waals surface area contributed by atoms with Gasteiger partial charge >= 0.3 is 0 Å². The van der Waals surface area contributed by atoms with Crippen LogP contribution in [0.3, 0.4) is 0 Å². The first-order valence-electron chi connectivity index (χ1n) is 9.16. The molecule has 0 radical (unpaired) electrons. The fourth-order valence-corrected chi connectivity index (χ4v) is 3.87. The summed E-state index contributed by atoms with van der Waals surface area (Å²) in [4.78, 5) is 33.9. The molecule has 3 atom stereocenters. The normalized spacial score (nSPS) is 18.9. The Bertz CT molecular complexity index is 1110. The smallest absolute Gasteiger partial charge is 0.276 e. The summed E-state index contributed by atoms with van der Waals surface area (Å²) in [6.07, 6.45) is 0. The quantitative estimate of drug-likeness (QED) is 0.0629. The monoisotopic (exact) mass is 497 g/mol. The minimum absolute atomic E-state index is 0.00111. The van der Waals surface area contributed by atoms with E-state index in [1.165, 1.54) is 24.4 Å². The van der Waals surface area contributed by atoms with Crippen LogP contribution >= 0.6 is 11.3 Å². The zero-order valence-corrected chi connectivity index (χ0v) is 18.6. The number of oxime groups is 1. The van der Waals surface area contributed by atoms with E-state index in [0.717, 1.165) is 15.6 Å². The van der Waals surface area contributed by atoms with Crippen molar-refractivity contribution in [2.24, 2.45) is 10.9 Å². The van der Waals surface area contributed by atoms with Gasteiger partial charge in [-0.05, 0) is 13.0 Å². The lowest BCUT2D eigenvalue weighted by atomic mass is 10.0. The van der Waals surface area contributed by atoms with Crippen molar-refractivity contribution < 1.29 is 27.9 Å². The van der Waals surface area contributed by atoms with Crippen molar-refractivity contribution in [3.05, 3.63) is 28.9 Å². The highest BCUT2D eigenvalue weighted by Crippen LogP contribution is 2.21. The number of rotatable bonds is 10. The summed E-state index contributed by atoms with van der Waals surface area (Å²) in [6, 6.07) is 1.24. The summed E-state index contributed by atoms with van der Waals surface area (Å²) in [5, 5.41) is 22.6. The molecule has 2 aromatic rings. The van der Waals surface area contributed by atoms with Gasteiger partial charge in [-0.2, -0.15) is 0 Å². The van der Waals surface area contributed by atoms with Crippen LogP contribution in [0.2, 0.25) is 0 Å². The van der Waals surface area contributed by atoms with E-state index in [1.807, 2.05) is 0 Å². The molecule has 0 aliphatic carbocycles. The number of carbonyl (C=O) groups excluding carboxylic acids is 2. The van der Waals surface area contributed by atoms with E-state index in [0.29, 0.717) is 0 Å². The van der Waals surface area contributed by atoms with Crippen LogP contribution in [0.4, 0.5) is 5.13 Å². The van der Waals surface area contributed by atoms with Gasteiger partial charge in [-0.3, -0.25) is 19.6 Å². The molecule has 1 fully saturated rings. The second-order valence-corrected chi connectivity index (χ2v) is 8.19. The molecule has 1 aliphatic rings. The minimum atomic E-state index is -2.48. The third-order valence-corrected chi connectivity index (χ3v) is 5.79. The standard InChI is InChI=1S/C16H19N9O6S2/c1-7-11(15(27)25(7)33(28)29)21-14(26)12(9-6-32-16(19)20-9)24-31-5-4-30-10-3-2-8(13(17)18)22-23-10/h2-3,6-7,11H,4-5H2,1H3,(H3,17,18)(H2,19,20)(H,21,26)(H,28,29)/b24-12-/t7-,11-/m0/s1. The van der Waals surface area contributed by atoms with Crippen molar-refractivity contribution >= 4 is 51.1 Å².